The molecular weight excluding hydrogens is 238 g/mol. The number of sulfone groups is 1. The molecule has 5 heteroatoms. The van der Waals surface area contributed by atoms with Gasteiger partial charge in [0.25, 0.3) is 0 Å². The quantitative estimate of drug-likeness (QED) is 0.839. The van der Waals surface area contributed by atoms with Gasteiger partial charge in [0, 0.05) is 6.26 Å². The molecule has 94 valence electrons. The molecule has 0 unspecified atom stereocenters. The zero-order chi connectivity index (χ0) is 12.5. The Labute approximate surface area is 102 Å². The average Bonchev–Trinajstić information content (AvgIpc) is 2.72. The number of benzene rings is 1. The molecule has 0 saturated heterocycles. The highest BCUT2D eigenvalue weighted by Gasteiger charge is 2.20. The largest absolute Gasteiger partial charge is 0.488 e. The molecule has 2 N–H and O–H groups in total. The fraction of sp³-hybridized carbons (Fsp3) is 0.500. The van der Waals surface area contributed by atoms with Gasteiger partial charge >= 0.3 is 0 Å². The molecule has 1 fully saturated rings. The first-order valence-electron chi connectivity index (χ1n) is 5.73. The molecule has 0 spiro atoms. The van der Waals surface area contributed by atoms with Crippen molar-refractivity contribution in [1.29, 1.82) is 0 Å². The van der Waals surface area contributed by atoms with Crippen LogP contribution in [0.2, 0.25) is 0 Å². The number of nitrogen functional groups attached to an aromatic ring is 1. The van der Waals surface area contributed by atoms with E-state index in [2.05, 4.69) is 0 Å². The van der Waals surface area contributed by atoms with Gasteiger partial charge in [-0.05, 0) is 37.8 Å². The molecular formula is C12H17NO3S. The lowest BCUT2D eigenvalue weighted by Gasteiger charge is -2.16. The molecule has 0 bridgehead atoms. The standard InChI is InChI=1S/C12H17NO3S/c1-17(14,15)11-8-4-7-10(12(11)13)16-9-5-2-3-6-9/h4,7-9H,2-3,5-6,13H2,1H3. The van der Waals surface area contributed by atoms with Crippen molar-refractivity contribution in [3.8, 4) is 5.75 Å². The highest BCUT2D eigenvalue weighted by Crippen LogP contribution is 2.32. The van der Waals surface area contributed by atoms with E-state index in [4.69, 9.17) is 10.5 Å². The first-order chi connectivity index (χ1) is 7.98. The summed E-state index contributed by atoms with van der Waals surface area (Å²) in [6.07, 6.45) is 5.68. The first-order valence-corrected chi connectivity index (χ1v) is 7.63. The van der Waals surface area contributed by atoms with Gasteiger partial charge in [0.15, 0.2) is 9.84 Å². The van der Waals surface area contributed by atoms with Crippen LogP contribution in [-0.4, -0.2) is 20.8 Å². The van der Waals surface area contributed by atoms with Crippen LogP contribution in [0.25, 0.3) is 0 Å². The van der Waals surface area contributed by atoms with Crippen molar-refractivity contribution in [2.45, 2.75) is 36.7 Å². The van der Waals surface area contributed by atoms with E-state index in [0.29, 0.717) is 5.75 Å². The number of nitrogens with two attached hydrogens (primary N) is 1. The van der Waals surface area contributed by atoms with Crippen LogP contribution < -0.4 is 10.5 Å². The monoisotopic (exact) mass is 255 g/mol. The van der Waals surface area contributed by atoms with Crippen molar-refractivity contribution in [2.75, 3.05) is 12.0 Å². The van der Waals surface area contributed by atoms with E-state index in [1.807, 2.05) is 0 Å². The maximum absolute atomic E-state index is 11.5. The van der Waals surface area contributed by atoms with Gasteiger partial charge in [-0.3, -0.25) is 0 Å². The summed E-state index contributed by atoms with van der Waals surface area (Å²) in [5.74, 6) is 0.486. The van der Waals surface area contributed by atoms with Crippen molar-refractivity contribution < 1.29 is 13.2 Å². The smallest absolute Gasteiger partial charge is 0.177 e. The molecule has 1 aromatic rings. The van der Waals surface area contributed by atoms with Crippen LogP contribution in [0.5, 0.6) is 5.75 Å². The molecule has 0 atom stereocenters. The molecule has 1 aliphatic rings. The van der Waals surface area contributed by atoms with E-state index in [1.165, 1.54) is 6.07 Å². The maximum Gasteiger partial charge on any atom is 0.177 e. The van der Waals surface area contributed by atoms with E-state index in [-0.39, 0.29) is 16.7 Å². The third kappa shape index (κ3) is 2.72. The molecule has 1 saturated carbocycles. The predicted molar refractivity (Wildman–Crippen MR) is 66.8 cm³/mol. The zero-order valence-electron chi connectivity index (χ0n) is 9.85. The second-order valence-corrected chi connectivity index (χ2v) is 6.45. The summed E-state index contributed by atoms with van der Waals surface area (Å²) in [6.45, 7) is 0. The summed E-state index contributed by atoms with van der Waals surface area (Å²) in [6, 6.07) is 4.89. The highest BCUT2D eigenvalue weighted by molar-refractivity contribution is 7.90. The minimum atomic E-state index is -3.29. The van der Waals surface area contributed by atoms with Gasteiger partial charge in [-0.2, -0.15) is 0 Å². The van der Waals surface area contributed by atoms with Gasteiger partial charge in [0.1, 0.15) is 5.75 Å². The Morgan fingerprint density at radius 2 is 1.94 bits per heavy atom. The summed E-state index contributed by atoms with van der Waals surface area (Å²) in [7, 11) is -3.29. The summed E-state index contributed by atoms with van der Waals surface area (Å²) < 4.78 is 28.8. The van der Waals surface area contributed by atoms with Crippen LogP contribution in [0.15, 0.2) is 23.1 Å². The number of rotatable bonds is 3. The van der Waals surface area contributed by atoms with Crippen molar-refractivity contribution >= 4 is 15.5 Å². The second-order valence-electron chi connectivity index (χ2n) is 4.46. The molecule has 17 heavy (non-hydrogen) atoms. The molecule has 1 aromatic carbocycles. The van der Waals surface area contributed by atoms with Gasteiger partial charge < -0.3 is 10.5 Å². The van der Waals surface area contributed by atoms with Crippen LogP contribution in [0.1, 0.15) is 25.7 Å². The first kappa shape index (κ1) is 12.2. The van der Waals surface area contributed by atoms with Crippen molar-refractivity contribution in [3.63, 3.8) is 0 Å². The Balaban J connectivity index is 2.29. The highest BCUT2D eigenvalue weighted by atomic mass is 32.2. The minimum absolute atomic E-state index is 0.146. The number of hydrogen-bond acceptors (Lipinski definition) is 4. The summed E-state index contributed by atoms with van der Waals surface area (Å²) in [5, 5.41) is 0. The van der Waals surface area contributed by atoms with Crippen LogP contribution >= 0.6 is 0 Å². The lowest BCUT2D eigenvalue weighted by atomic mass is 10.2. The van der Waals surface area contributed by atoms with Crippen LogP contribution in [0.4, 0.5) is 5.69 Å². The molecule has 0 aliphatic heterocycles. The van der Waals surface area contributed by atoms with E-state index < -0.39 is 9.84 Å². The van der Waals surface area contributed by atoms with Crippen molar-refractivity contribution in [3.05, 3.63) is 18.2 Å². The predicted octanol–water partition coefficient (Wildman–Crippen LogP) is 1.99. The lowest BCUT2D eigenvalue weighted by molar-refractivity contribution is 0.211. The van der Waals surface area contributed by atoms with E-state index in [9.17, 15) is 8.42 Å². The van der Waals surface area contributed by atoms with Crippen LogP contribution in [0, 0.1) is 0 Å². The van der Waals surface area contributed by atoms with Crippen LogP contribution in [-0.2, 0) is 9.84 Å². The molecule has 4 nitrogen and oxygen atoms in total. The van der Waals surface area contributed by atoms with Crippen LogP contribution in [0.3, 0.4) is 0 Å². The van der Waals surface area contributed by atoms with E-state index in [0.717, 1.165) is 31.9 Å². The fourth-order valence-corrected chi connectivity index (χ4v) is 2.96. The Morgan fingerprint density at radius 1 is 1.29 bits per heavy atom. The number of ether oxygens (including phenoxy) is 1. The molecule has 0 aromatic heterocycles. The second kappa shape index (κ2) is 4.56. The molecule has 0 amide bonds. The number of para-hydroxylation sites is 1. The maximum atomic E-state index is 11.5. The van der Waals surface area contributed by atoms with Gasteiger partial charge in [0.05, 0.1) is 16.7 Å². The number of hydrogen-bond donors (Lipinski definition) is 1. The SMILES string of the molecule is CS(=O)(=O)c1cccc(OC2CCCC2)c1N. The topological polar surface area (TPSA) is 69.4 Å². The normalized spacial score (nSPS) is 17.2. The van der Waals surface area contributed by atoms with Gasteiger partial charge in [-0.25, -0.2) is 8.42 Å². The Bertz CT molecular complexity index is 504. The Hall–Kier alpha value is -1.23. The fourth-order valence-electron chi connectivity index (χ4n) is 2.14. The van der Waals surface area contributed by atoms with E-state index >= 15 is 0 Å². The van der Waals surface area contributed by atoms with Gasteiger partial charge in [-0.1, -0.05) is 6.07 Å². The Morgan fingerprint density at radius 3 is 2.53 bits per heavy atom. The average molecular weight is 255 g/mol. The lowest BCUT2D eigenvalue weighted by Crippen LogP contribution is -2.13. The Kier molecular flexibility index (Phi) is 3.28. The van der Waals surface area contributed by atoms with E-state index in [1.54, 1.807) is 12.1 Å². The molecule has 1 aliphatic carbocycles. The molecule has 0 heterocycles. The summed E-state index contributed by atoms with van der Waals surface area (Å²) in [5.41, 5.74) is 6.07. The van der Waals surface area contributed by atoms with Gasteiger partial charge in [0.2, 0.25) is 0 Å². The minimum Gasteiger partial charge on any atom is -0.488 e. The summed E-state index contributed by atoms with van der Waals surface area (Å²) in [4.78, 5) is 0.146. The van der Waals surface area contributed by atoms with Crippen molar-refractivity contribution in [2.24, 2.45) is 0 Å². The molecule has 2 rings (SSSR count). The van der Waals surface area contributed by atoms with Gasteiger partial charge in [-0.15, -0.1) is 0 Å². The number of anilines is 1. The summed E-state index contributed by atoms with van der Waals surface area (Å²) >= 11 is 0. The van der Waals surface area contributed by atoms with Crippen molar-refractivity contribution in [1.82, 2.24) is 0 Å². The third-order valence-electron chi connectivity index (χ3n) is 3.02. The molecule has 0 radical (unpaired) electrons. The zero-order valence-corrected chi connectivity index (χ0v) is 10.7. The third-order valence-corrected chi connectivity index (χ3v) is 4.18.